The minimum Gasteiger partial charge on any atom is -0.464 e. The van der Waals surface area contributed by atoms with E-state index in [1.54, 1.807) is 43.5 Å². The summed E-state index contributed by atoms with van der Waals surface area (Å²) in [5.74, 6) is -0.688. The topological polar surface area (TPSA) is 80.1 Å². The largest absolute Gasteiger partial charge is 0.464 e. The molecule has 0 aliphatic carbocycles. The molecule has 2 amide bonds. The van der Waals surface area contributed by atoms with Gasteiger partial charge in [0, 0.05) is 26.6 Å². The van der Waals surface area contributed by atoms with Gasteiger partial charge in [-0.05, 0) is 47.6 Å². The third kappa shape index (κ3) is 9.03. The third-order valence-corrected chi connectivity index (χ3v) is 6.48. The maximum Gasteiger partial charge on any atom is 0.242 e. The highest BCUT2D eigenvalue weighted by Crippen LogP contribution is 2.26. The van der Waals surface area contributed by atoms with Crippen molar-refractivity contribution in [1.82, 2.24) is 9.80 Å². The first-order valence-corrected chi connectivity index (χ1v) is 13.2. The number of ether oxygens (including phenoxy) is 1. The van der Waals surface area contributed by atoms with Crippen LogP contribution < -0.4 is 5.43 Å². The molecule has 0 N–H and O–H groups in total. The van der Waals surface area contributed by atoms with E-state index in [9.17, 15) is 18.8 Å². The molecule has 0 fully saturated rings. The first-order chi connectivity index (χ1) is 18.5. The predicted octanol–water partition coefficient (Wildman–Crippen LogP) is 5.40. The quantitative estimate of drug-likeness (QED) is 0.309. The molecule has 1 unspecified atom stereocenters. The minimum atomic E-state index is -0.382. The molecule has 0 spiro atoms. The van der Waals surface area contributed by atoms with E-state index < -0.39 is 0 Å². The van der Waals surface area contributed by atoms with Crippen molar-refractivity contribution in [1.29, 1.82) is 0 Å². The van der Waals surface area contributed by atoms with Gasteiger partial charge in [0.05, 0.1) is 36.9 Å². The molecule has 39 heavy (non-hydrogen) atoms. The van der Waals surface area contributed by atoms with Gasteiger partial charge >= 0.3 is 0 Å². The van der Waals surface area contributed by atoms with E-state index in [4.69, 9.17) is 9.15 Å². The second kappa shape index (κ2) is 13.5. The van der Waals surface area contributed by atoms with E-state index in [0.29, 0.717) is 35.1 Å². The van der Waals surface area contributed by atoms with Crippen LogP contribution in [-0.4, -0.2) is 48.4 Å². The van der Waals surface area contributed by atoms with Crippen LogP contribution in [0, 0.1) is 17.2 Å². The first-order valence-electron chi connectivity index (χ1n) is 13.2. The fraction of sp³-hybridized carbons (Fsp3) is 0.452. The second-order valence-corrected chi connectivity index (χ2v) is 11.3. The zero-order valence-electron chi connectivity index (χ0n) is 23.5. The van der Waals surface area contributed by atoms with Crippen LogP contribution in [0.5, 0.6) is 0 Å². The monoisotopic (exact) mass is 538 g/mol. The number of hydrogen-bond donors (Lipinski definition) is 0. The number of fused-ring (bicyclic) bond motifs is 1. The van der Waals surface area contributed by atoms with Crippen molar-refractivity contribution in [2.75, 3.05) is 26.8 Å². The van der Waals surface area contributed by atoms with Crippen molar-refractivity contribution in [3.05, 3.63) is 82.0 Å². The van der Waals surface area contributed by atoms with E-state index in [-0.39, 0.29) is 60.6 Å². The number of benzene rings is 2. The molecule has 0 aliphatic rings. The smallest absolute Gasteiger partial charge is 0.242 e. The Hall–Kier alpha value is -3.52. The predicted molar refractivity (Wildman–Crippen MR) is 149 cm³/mol. The molecular weight excluding hydrogens is 499 g/mol. The molecule has 0 saturated heterocycles. The Morgan fingerprint density at radius 2 is 1.69 bits per heavy atom. The number of methoxy groups -OCH3 is 1. The molecule has 0 radical (unpaired) electrons. The highest BCUT2D eigenvalue weighted by Gasteiger charge is 2.25. The Bertz CT molecular complexity index is 1310. The van der Waals surface area contributed by atoms with Crippen molar-refractivity contribution in [2.45, 2.75) is 53.6 Å². The van der Waals surface area contributed by atoms with Crippen LogP contribution >= 0.6 is 0 Å². The van der Waals surface area contributed by atoms with Crippen LogP contribution in [0.15, 0.2) is 64.0 Å². The number of rotatable bonds is 12. The van der Waals surface area contributed by atoms with E-state index in [2.05, 4.69) is 20.8 Å². The van der Waals surface area contributed by atoms with Gasteiger partial charge < -0.3 is 19.0 Å². The van der Waals surface area contributed by atoms with Gasteiger partial charge in [-0.3, -0.25) is 14.4 Å². The molecule has 3 aromatic rings. The number of para-hydroxylation sites is 1. The Morgan fingerprint density at radius 3 is 2.36 bits per heavy atom. The zero-order chi connectivity index (χ0) is 28.6. The molecule has 1 aromatic heterocycles. The van der Waals surface area contributed by atoms with E-state index in [0.717, 1.165) is 6.42 Å². The SMILES string of the molecule is COCCN(CC(=O)N(Cc1ccc(F)cc1)Cc1coc2ccccc2c1=O)C(=O)CC(C)CC(C)(C)C. The molecule has 1 atom stereocenters. The van der Waals surface area contributed by atoms with Crippen LogP contribution in [0.3, 0.4) is 0 Å². The molecule has 2 aromatic carbocycles. The summed E-state index contributed by atoms with van der Waals surface area (Å²) in [5.41, 5.74) is 1.33. The summed E-state index contributed by atoms with van der Waals surface area (Å²) in [5, 5.41) is 0.425. The zero-order valence-corrected chi connectivity index (χ0v) is 23.5. The number of carbonyl (C=O) groups is 2. The lowest BCUT2D eigenvalue weighted by molar-refractivity contribution is -0.142. The summed E-state index contributed by atoms with van der Waals surface area (Å²) in [6, 6.07) is 12.8. The standard InChI is InChI=1S/C31H39FN2O5/c1-22(17-31(2,3)4)16-28(35)33(14-15-38-5)20-29(36)34(18-23-10-12-25(32)13-11-23)19-24-21-39-27-9-7-6-8-26(27)30(24)37/h6-13,21-22H,14-20H2,1-5H3. The third-order valence-electron chi connectivity index (χ3n) is 6.48. The summed E-state index contributed by atoms with van der Waals surface area (Å²) in [7, 11) is 1.55. The number of carbonyl (C=O) groups excluding carboxylic acids is 2. The van der Waals surface area contributed by atoms with Crippen molar-refractivity contribution in [2.24, 2.45) is 11.3 Å². The van der Waals surface area contributed by atoms with Crippen molar-refractivity contribution >= 4 is 22.8 Å². The molecule has 7 nitrogen and oxygen atoms in total. The van der Waals surface area contributed by atoms with Crippen LogP contribution in [0.4, 0.5) is 4.39 Å². The number of nitrogens with zero attached hydrogens (tertiary/aromatic N) is 2. The van der Waals surface area contributed by atoms with Crippen LogP contribution in [0.2, 0.25) is 0 Å². The lowest BCUT2D eigenvalue weighted by atomic mass is 9.84. The molecule has 0 aliphatic heterocycles. The molecule has 0 bridgehead atoms. The fourth-order valence-electron chi connectivity index (χ4n) is 4.78. The van der Waals surface area contributed by atoms with E-state index in [1.165, 1.54) is 28.2 Å². The fourth-order valence-corrected chi connectivity index (χ4v) is 4.78. The van der Waals surface area contributed by atoms with E-state index in [1.807, 2.05) is 6.92 Å². The van der Waals surface area contributed by atoms with Crippen molar-refractivity contribution < 1.29 is 23.1 Å². The van der Waals surface area contributed by atoms with E-state index >= 15 is 0 Å². The van der Waals surface area contributed by atoms with Gasteiger partial charge in [-0.15, -0.1) is 0 Å². The lowest BCUT2D eigenvalue weighted by Crippen LogP contribution is -2.44. The van der Waals surface area contributed by atoms with Gasteiger partial charge in [0.15, 0.2) is 5.43 Å². The minimum absolute atomic E-state index is 0.0177. The Labute approximate surface area is 229 Å². The summed E-state index contributed by atoms with van der Waals surface area (Å²) < 4.78 is 24.4. The normalized spacial score (nSPS) is 12.4. The average molecular weight is 539 g/mol. The summed E-state index contributed by atoms with van der Waals surface area (Å²) in [4.78, 5) is 43.1. The van der Waals surface area contributed by atoms with Crippen molar-refractivity contribution in [3.63, 3.8) is 0 Å². The Balaban J connectivity index is 1.85. The number of halogens is 1. The van der Waals surface area contributed by atoms with Gasteiger partial charge in [0.25, 0.3) is 0 Å². The average Bonchev–Trinajstić information content (AvgIpc) is 2.87. The Morgan fingerprint density at radius 1 is 1.00 bits per heavy atom. The molecule has 1 heterocycles. The van der Waals surface area contributed by atoms with Gasteiger partial charge in [0.2, 0.25) is 11.8 Å². The number of hydrogen-bond acceptors (Lipinski definition) is 5. The van der Waals surface area contributed by atoms with Gasteiger partial charge in [-0.2, -0.15) is 0 Å². The molecule has 0 saturated carbocycles. The maximum absolute atomic E-state index is 13.7. The second-order valence-electron chi connectivity index (χ2n) is 11.3. The van der Waals surface area contributed by atoms with Crippen LogP contribution in [0.25, 0.3) is 11.0 Å². The molecule has 210 valence electrons. The Kier molecular flexibility index (Phi) is 10.4. The lowest BCUT2D eigenvalue weighted by Gasteiger charge is -2.29. The summed E-state index contributed by atoms with van der Waals surface area (Å²) in [6.45, 7) is 8.97. The van der Waals surface area contributed by atoms with Crippen LogP contribution in [-0.2, 0) is 27.4 Å². The molecular formula is C31H39FN2O5. The van der Waals surface area contributed by atoms with Gasteiger partial charge in [-0.1, -0.05) is 52.0 Å². The highest BCUT2D eigenvalue weighted by molar-refractivity contribution is 5.85. The highest BCUT2D eigenvalue weighted by atomic mass is 19.1. The summed E-state index contributed by atoms with van der Waals surface area (Å²) >= 11 is 0. The first kappa shape index (κ1) is 30.0. The summed E-state index contributed by atoms with van der Waals surface area (Å²) in [6.07, 6.45) is 2.57. The van der Waals surface area contributed by atoms with Crippen molar-refractivity contribution in [3.8, 4) is 0 Å². The molecule has 3 rings (SSSR count). The molecule has 8 heteroatoms. The maximum atomic E-state index is 13.7. The van der Waals surface area contributed by atoms with Crippen LogP contribution in [0.1, 0.15) is 51.7 Å². The van der Waals surface area contributed by atoms with Gasteiger partial charge in [-0.25, -0.2) is 4.39 Å². The van der Waals surface area contributed by atoms with Gasteiger partial charge in [0.1, 0.15) is 11.4 Å². The number of amides is 2.